The van der Waals surface area contributed by atoms with Gasteiger partial charge in [-0.05, 0) is 13.3 Å². The van der Waals surface area contributed by atoms with E-state index in [2.05, 4.69) is 26.9 Å². The zero-order valence-electron chi connectivity index (χ0n) is 11.0. The molecule has 2 aromatic rings. The van der Waals surface area contributed by atoms with E-state index in [1.807, 2.05) is 13.0 Å². The second kappa shape index (κ2) is 5.77. The molecule has 0 saturated carbocycles. The van der Waals surface area contributed by atoms with E-state index in [9.17, 15) is 0 Å². The van der Waals surface area contributed by atoms with E-state index in [-0.39, 0.29) is 0 Å². The molecule has 0 aliphatic heterocycles. The fourth-order valence-electron chi connectivity index (χ4n) is 1.98. The molecule has 2 N–H and O–H groups in total. The highest BCUT2D eigenvalue weighted by Gasteiger charge is 2.12. The van der Waals surface area contributed by atoms with E-state index in [0.29, 0.717) is 12.3 Å². The van der Waals surface area contributed by atoms with E-state index >= 15 is 0 Å². The Labute approximate surface area is 107 Å². The monoisotopic (exact) mass is 248 g/mol. The van der Waals surface area contributed by atoms with Crippen LogP contribution in [-0.2, 0) is 0 Å². The predicted molar refractivity (Wildman–Crippen MR) is 71.7 cm³/mol. The van der Waals surface area contributed by atoms with Crippen LogP contribution in [0.1, 0.15) is 25.5 Å². The summed E-state index contributed by atoms with van der Waals surface area (Å²) in [5, 5.41) is 4.23. The summed E-state index contributed by atoms with van der Waals surface area (Å²) < 4.78 is 1.78. The third-order valence-electron chi connectivity index (χ3n) is 2.87. The van der Waals surface area contributed by atoms with E-state index in [0.717, 1.165) is 37.4 Å². The van der Waals surface area contributed by atoms with Gasteiger partial charge in [0.25, 0.3) is 5.78 Å². The van der Waals surface area contributed by atoms with Gasteiger partial charge in [-0.15, -0.1) is 0 Å². The van der Waals surface area contributed by atoms with Crippen molar-refractivity contribution in [1.29, 1.82) is 0 Å². The number of aryl methyl sites for hydroxylation is 1. The summed E-state index contributed by atoms with van der Waals surface area (Å²) in [7, 11) is 0. The van der Waals surface area contributed by atoms with Crippen LogP contribution in [0, 0.1) is 6.92 Å². The SMILES string of the molecule is CCCCN(CCN)c1cc(C)nc2ncnn12. The van der Waals surface area contributed by atoms with Gasteiger partial charge < -0.3 is 10.6 Å². The summed E-state index contributed by atoms with van der Waals surface area (Å²) in [4.78, 5) is 10.7. The van der Waals surface area contributed by atoms with Crippen LogP contribution in [0.3, 0.4) is 0 Å². The average Bonchev–Trinajstić information content (AvgIpc) is 2.81. The van der Waals surface area contributed by atoms with Crippen molar-refractivity contribution in [3.8, 4) is 0 Å². The lowest BCUT2D eigenvalue weighted by molar-refractivity contribution is 0.693. The van der Waals surface area contributed by atoms with Gasteiger partial charge in [-0.2, -0.15) is 14.6 Å². The summed E-state index contributed by atoms with van der Waals surface area (Å²) in [5.41, 5.74) is 6.64. The van der Waals surface area contributed by atoms with Gasteiger partial charge in [0.1, 0.15) is 12.1 Å². The number of anilines is 1. The van der Waals surface area contributed by atoms with Gasteiger partial charge in [0.2, 0.25) is 0 Å². The van der Waals surface area contributed by atoms with Crippen molar-refractivity contribution in [2.75, 3.05) is 24.5 Å². The molecule has 2 rings (SSSR count). The molecule has 0 radical (unpaired) electrons. The third-order valence-corrected chi connectivity index (χ3v) is 2.87. The minimum absolute atomic E-state index is 0.626. The Kier molecular flexibility index (Phi) is 4.09. The number of hydrogen-bond acceptors (Lipinski definition) is 5. The van der Waals surface area contributed by atoms with Crippen molar-refractivity contribution in [3.63, 3.8) is 0 Å². The van der Waals surface area contributed by atoms with Crippen molar-refractivity contribution < 1.29 is 0 Å². The van der Waals surface area contributed by atoms with Gasteiger partial charge in [-0.1, -0.05) is 13.3 Å². The largest absolute Gasteiger partial charge is 0.355 e. The molecule has 0 aromatic carbocycles. The molecule has 0 unspecified atom stereocenters. The first-order chi connectivity index (χ1) is 8.76. The van der Waals surface area contributed by atoms with Crippen LogP contribution in [0.2, 0.25) is 0 Å². The number of nitrogens with two attached hydrogens (primary N) is 1. The van der Waals surface area contributed by atoms with E-state index in [1.54, 1.807) is 4.52 Å². The van der Waals surface area contributed by atoms with Crippen LogP contribution in [0.4, 0.5) is 5.82 Å². The summed E-state index contributed by atoms with van der Waals surface area (Å²) in [6.45, 7) is 6.58. The molecule has 0 fully saturated rings. The molecule has 6 heteroatoms. The van der Waals surface area contributed by atoms with Crippen LogP contribution < -0.4 is 10.6 Å². The van der Waals surface area contributed by atoms with E-state index < -0.39 is 0 Å². The Morgan fingerprint density at radius 3 is 2.94 bits per heavy atom. The van der Waals surface area contributed by atoms with Crippen molar-refractivity contribution in [2.24, 2.45) is 5.73 Å². The van der Waals surface area contributed by atoms with Crippen molar-refractivity contribution >= 4 is 11.6 Å². The van der Waals surface area contributed by atoms with E-state index in [4.69, 9.17) is 5.73 Å². The highest BCUT2D eigenvalue weighted by molar-refractivity contribution is 5.47. The molecule has 2 aromatic heterocycles. The summed E-state index contributed by atoms with van der Waals surface area (Å²) in [6.07, 6.45) is 3.83. The normalized spacial score (nSPS) is 11.1. The predicted octanol–water partition coefficient (Wildman–Crippen LogP) is 0.998. The van der Waals surface area contributed by atoms with Crippen LogP contribution in [0.15, 0.2) is 12.4 Å². The van der Waals surface area contributed by atoms with Crippen LogP contribution in [0.5, 0.6) is 0 Å². The topological polar surface area (TPSA) is 72.3 Å². The smallest absolute Gasteiger partial charge is 0.254 e. The number of nitrogens with zero attached hydrogens (tertiary/aromatic N) is 5. The van der Waals surface area contributed by atoms with Gasteiger partial charge in [-0.25, -0.2) is 4.98 Å². The first kappa shape index (κ1) is 12.8. The third kappa shape index (κ3) is 2.59. The number of unbranched alkanes of at least 4 members (excludes halogenated alkanes) is 1. The van der Waals surface area contributed by atoms with Crippen molar-refractivity contribution in [2.45, 2.75) is 26.7 Å². The lowest BCUT2D eigenvalue weighted by Crippen LogP contribution is -2.32. The Morgan fingerprint density at radius 1 is 1.39 bits per heavy atom. The number of hydrogen-bond donors (Lipinski definition) is 1. The molecule has 98 valence electrons. The molecule has 0 saturated heterocycles. The molecule has 0 amide bonds. The molecule has 6 nitrogen and oxygen atoms in total. The molecule has 0 bridgehead atoms. The molecule has 2 heterocycles. The van der Waals surface area contributed by atoms with Gasteiger partial charge in [-0.3, -0.25) is 0 Å². The molecule has 0 aliphatic carbocycles. The quantitative estimate of drug-likeness (QED) is 0.825. The Hall–Kier alpha value is -1.69. The first-order valence-electron chi connectivity index (χ1n) is 6.38. The fraction of sp³-hybridized carbons (Fsp3) is 0.583. The fourth-order valence-corrected chi connectivity index (χ4v) is 1.98. The maximum absolute atomic E-state index is 5.69. The van der Waals surface area contributed by atoms with Crippen LogP contribution >= 0.6 is 0 Å². The molecular weight excluding hydrogens is 228 g/mol. The lowest BCUT2D eigenvalue weighted by atomic mass is 10.3. The van der Waals surface area contributed by atoms with Gasteiger partial charge in [0.15, 0.2) is 0 Å². The number of rotatable bonds is 6. The first-order valence-corrected chi connectivity index (χ1v) is 6.38. The summed E-state index contributed by atoms with van der Waals surface area (Å²) in [6, 6.07) is 2.03. The zero-order chi connectivity index (χ0) is 13.0. The Bertz CT molecular complexity index is 506. The highest BCUT2D eigenvalue weighted by Crippen LogP contribution is 2.16. The maximum atomic E-state index is 5.69. The Morgan fingerprint density at radius 2 is 2.22 bits per heavy atom. The standard InChI is InChI=1S/C12H20N6/c1-3-4-6-17(7-5-13)11-8-10(2)16-12-14-9-15-18(11)12/h8-9H,3-7,13H2,1-2H3. The molecule has 0 spiro atoms. The molecule has 0 atom stereocenters. The molecule has 18 heavy (non-hydrogen) atoms. The zero-order valence-corrected chi connectivity index (χ0v) is 11.0. The van der Waals surface area contributed by atoms with Gasteiger partial charge in [0.05, 0.1) is 0 Å². The maximum Gasteiger partial charge on any atom is 0.254 e. The Balaban J connectivity index is 2.38. The minimum Gasteiger partial charge on any atom is -0.355 e. The molecule has 0 aliphatic rings. The van der Waals surface area contributed by atoms with E-state index in [1.165, 1.54) is 6.33 Å². The van der Waals surface area contributed by atoms with Crippen LogP contribution in [0.25, 0.3) is 5.78 Å². The van der Waals surface area contributed by atoms with Crippen LogP contribution in [-0.4, -0.2) is 39.2 Å². The minimum atomic E-state index is 0.626. The second-order valence-electron chi connectivity index (χ2n) is 4.36. The molecular formula is C12H20N6. The van der Waals surface area contributed by atoms with Crippen molar-refractivity contribution in [3.05, 3.63) is 18.1 Å². The second-order valence-corrected chi connectivity index (χ2v) is 4.36. The highest BCUT2D eigenvalue weighted by atomic mass is 15.4. The average molecular weight is 248 g/mol. The lowest BCUT2D eigenvalue weighted by Gasteiger charge is -2.24. The number of aromatic nitrogens is 4. The van der Waals surface area contributed by atoms with Gasteiger partial charge >= 0.3 is 0 Å². The summed E-state index contributed by atoms with van der Waals surface area (Å²) >= 11 is 0. The summed E-state index contributed by atoms with van der Waals surface area (Å²) in [5.74, 6) is 1.66. The van der Waals surface area contributed by atoms with Gasteiger partial charge in [0, 0.05) is 31.4 Å². The van der Waals surface area contributed by atoms with Crippen molar-refractivity contribution in [1.82, 2.24) is 19.6 Å². The number of fused-ring (bicyclic) bond motifs is 1.